The van der Waals surface area contributed by atoms with Crippen LogP contribution in [-0.2, 0) is 9.59 Å². The summed E-state index contributed by atoms with van der Waals surface area (Å²) in [5.74, 6) is -0.814. The van der Waals surface area contributed by atoms with Crippen LogP contribution in [0.5, 0.6) is 0 Å². The summed E-state index contributed by atoms with van der Waals surface area (Å²) in [6, 6.07) is 11.0. The van der Waals surface area contributed by atoms with E-state index in [0.29, 0.717) is 5.69 Å². The Hall–Kier alpha value is -3.42. The number of benzene rings is 2. The van der Waals surface area contributed by atoms with Crippen LogP contribution in [0.15, 0.2) is 42.5 Å². The van der Waals surface area contributed by atoms with Crippen LogP contribution in [-0.4, -0.2) is 22.8 Å². The van der Waals surface area contributed by atoms with E-state index in [-0.39, 0.29) is 23.7 Å². The van der Waals surface area contributed by atoms with Crippen molar-refractivity contribution in [3.8, 4) is 0 Å². The van der Waals surface area contributed by atoms with Crippen molar-refractivity contribution in [1.29, 1.82) is 0 Å². The molecule has 2 aromatic carbocycles. The maximum atomic E-state index is 12.2. The van der Waals surface area contributed by atoms with E-state index in [1.165, 1.54) is 12.1 Å². The van der Waals surface area contributed by atoms with Gasteiger partial charge in [0.2, 0.25) is 11.8 Å². The Bertz CT molecular complexity index is 865. The molecule has 0 saturated carbocycles. The molecule has 0 aliphatic carbocycles. The number of hydrogen-bond acceptors (Lipinski definition) is 5. The Morgan fingerprint density at radius 3 is 2.68 bits per heavy atom. The third-order valence-corrected chi connectivity index (χ3v) is 3.84. The second kappa shape index (κ2) is 6.60. The molecule has 0 fully saturated rings. The summed E-state index contributed by atoms with van der Waals surface area (Å²) in [5.41, 5.74) is 2.02. The number of nitro groups is 1. The number of carbonyl (C=O) groups excluding carboxylic acids is 2. The Morgan fingerprint density at radius 1 is 1.24 bits per heavy atom. The average molecular weight is 340 g/mol. The molecule has 0 spiro atoms. The van der Waals surface area contributed by atoms with E-state index in [0.717, 1.165) is 11.3 Å². The van der Waals surface area contributed by atoms with E-state index in [1.54, 1.807) is 31.2 Å². The molecule has 1 atom stereocenters. The standard InChI is InChI=1S/C17H16N4O4/c1-10-6-7-13(15(8-10)21(24)25)19-16(22)9-14-17(23)20-12-5-3-2-4-11(12)18-14/h2-8,14,18H,9H2,1H3,(H,19,22)(H,20,23). The molecule has 8 nitrogen and oxygen atoms in total. The minimum atomic E-state index is -0.751. The number of anilines is 3. The second-order valence-electron chi connectivity index (χ2n) is 5.76. The molecular formula is C17H16N4O4. The summed E-state index contributed by atoms with van der Waals surface area (Å²) in [6.45, 7) is 1.73. The molecule has 1 aliphatic rings. The van der Waals surface area contributed by atoms with Crippen LogP contribution >= 0.6 is 0 Å². The van der Waals surface area contributed by atoms with Gasteiger partial charge in [0, 0.05) is 6.07 Å². The van der Waals surface area contributed by atoms with Crippen molar-refractivity contribution in [2.45, 2.75) is 19.4 Å². The van der Waals surface area contributed by atoms with Crippen molar-refractivity contribution in [3.05, 3.63) is 58.1 Å². The molecule has 1 heterocycles. The number of amides is 2. The minimum absolute atomic E-state index is 0.109. The van der Waals surface area contributed by atoms with E-state index in [9.17, 15) is 19.7 Å². The zero-order valence-electron chi connectivity index (χ0n) is 13.4. The first-order valence-electron chi connectivity index (χ1n) is 7.65. The molecule has 8 heteroatoms. The Balaban J connectivity index is 1.72. The maximum absolute atomic E-state index is 12.2. The summed E-state index contributed by atoms with van der Waals surface area (Å²) in [4.78, 5) is 34.9. The molecule has 2 aromatic rings. The number of fused-ring (bicyclic) bond motifs is 1. The van der Waals surface area contributed by atoms with Crippen molar-refractivity contribution in [1.82, 2.24) is 0 Å². The van der Waals surface area contributed by atoms with Gasteiger partial charge in [-0.25, -0.2) is 0 Å². The molecule has 1 unspecified atom stereocenters. The van der Waals surface area contributed by atoms with E-state index < -0.39 is 16.9 Å². The Morgan fingerprint density at radius 2 is 1.96 bits per heavy atom. The molecule has 0 saturated heterocycles. The quantitative estimate of drug-likeness (QED) is 0.585. The minimum Gasteiger partial charge on any atom is -0.372 e. The Kier molecular flexibility index (Phi) is 4.34. The number of para-hydroxylation sites is 2. The van der Waals surface area contributed by atoms with Gasteiger partial charge < -0.3 is 16.0 Å². The number of hydrogen-bond donors (Lipinski definition) is 3. The van der Waals surface area contributed by atoms with Crippen LogP contribution in [0.3, 0.4) is 0 Å². The third kappa shape index (κ3) is 3.57. The summed E-state index contributed by atoms with van der Waals surface area (Å²) < 4.78 is 0. The summed E-state index contributed by atoms with van der Waals surface area (Å²) in [6.07, 6.45) is -0.148. The first-order chi connectivity index (χ1) is 11.9. The predicted molar refractivity (Wildman–Crippen MR) is 93.6 cm³/mol. The van der Waals surface area contributed by atoms with E-state index >= 15 is 0 Å². The molecule has 2 amide bonds. The lowest BCUT2D eigenvalue weighted by Crippen LogP contribution is -2.41. The monoisotopic (exact) mass is 340 g/mol. The van der Waals surface area contributed by atoms with Crippen molar-refractivity contribution >= 4 is 34.6 Å². The second-order valence-corrected chi connectivity index (χ2v) is 5.76. The first-order valence-corrected chi connectivity index (χ1v) is 7.65. The summed E-state index contributed by atoms with van der Waals surface area (Å²) in [5, 5.41) is 19.4. The number of nitro benzene ring substituents is 1. The first kappa shape index (κ1) is 16.4. The van der Waals surface area contributed by atoms with Crippen molar-refractivity contribution < 1.29 is 14.5 Å². The van der Waals surface area contributed by atoms with E-state index in [2.05, 4.69) is 16.0 Å². The average Bonchev–Trinajstić information content (AvgIpc) is 2.57. The molecule has 128 valence electrons. The number of carbonyl (C=O) groups is 2. The predicted octanol–water partition coefficient (Wildman–Crippen LogP) is 2.66. The lowest BCUT2D eigenvalue weighted by atomic mass is 10.1. The number of nitrogens with one attached hydrogen (secondary N) is 3. The molecule has 0 aromatic heterocycles. The highest BCUT2D eigenvalue weighted by Gasteiger charge is 2.28. The van der Waals surface area contributed by atoms with E-state index in [4.69, 9.17) is 0 Å². The Labute approximate surface area is 143 Å². The number of nitrogens with zero attached hydrogens (tertiary/aromatic N) is 1. The third-order valence-electron chi connectivity index (χ3n) is 3.84. The van der Waals surface area contributed by atoms with Gasteiger partial charge in [-0.2, -0.15) is 0 Å². The van der Waals surface area contributed by atoms with Gasteiger partial charge in [-0.15, -0.1) is 0 Å². The summed E-state index contributed by atoms with van der Waals surface area (Å²) >= 11 is 0. The lowest BCUT2D eigenvalue weighted by molar-refractivity contribution is -0.384. The van der Waals surface area contributed by atoms with Crippen molar-refractivity contribution in [2.75, 3.05) is 16.0 Å². The van der Waals surface area contributed by atoms with Gasteiger partial charge in [0.05, 0.1) is 22.7 Å². The SMILES string of the molecule is Cc1ccc(NC(=O)CC2Nc3ccccc3NC2=O)c([N+](=O)[O-])c1. The number of rotatable bonds is 4. The van der Waals surface area contributed by atoms with E-state index in [1.807, 2.05) is 6.07 Å². The normalized spacial score (nSPS) is 15.6. The molecule has 3 N–H and O–H groups in total. The molecule has 3 rings (SSSR count). The van der Waals surface area contributed by atoms with Gasteiger partial charge in [0.1, 0.15) is 11.7 Å². The summed E-state index contributed by atoms with van der Waals surface area (Å²) in [7, 11) is 0. The smallest absolute Gasteiger partial charge is 0.293 e. The van der Waals surface area contributed by atoms with Gasteiger partial charge >= 0.3 is 0 Å². The van der Waals surface area contributed by atoms with Crippen LogP contribution in [0.1, 0.15) is 12.0 Å². The molecular weight excluding hydrogens is 324 g/mol. The highest BCUT2D eigenvalue weighted by Crippen LogP contribution is 2.28. The molecule has 1 aliphatic heterocycles. The van der Waals surface area contributed by atoms with Gasteiger partial charge in [-0.3, -0.25) is 19.7 Å². The van der Waals surface area contributed by atoms with Crippen molar-refractivity contribution in [3.63, 3.8) is 0 Å². The fraction of sp³-hybridized carbons (Fsp3) is 0.176. The fourth-order valence-electron chi connectivity index (χ4n) is 2.62. The molecule has 0 radical (unpaired) electrons. The van der Waals surface area contributed by atoms with Gasteiger partial charge in [-0.1, -0.05) is 18.2 Å². The fourth-order valence-corrected chi connectivity index (χ4v) is 2.62. The van der Waals surface area contributed by atoms with Gasteiger partial charge in [-0.05, 0) is 30.7 Å². The number of aryl methyl sites for hydroxylation is 1. The van der Waals surface area contributed by atoms with Crippen LogP contribution in [0.4, 0.5) is 22.7 Å². The van der Waals surface area contributed by atoms with Crippen molar-refractivity contribution in [2.24, 2.45) is 0 Å². The van der Waals surface area contributed by atoms with Gasteiger partial charge in [0.15, 0.2) is 0 Å². The highest BCUT2D eigenvalue weighted by molar-refractivity contribution is 6.06. The zero-order chi connectivity index (χ0) is 18.0. The van der Waals surface area contributed by atoms with Crippen LogP contribution in [0.2, 0.25) is 0 Å². The van der Waals surface area contributed by atoms with Crippen LogP contribution in [0, 0.1) is 17.0 Å². The largest absolute Gasteiger partial charge is 0.372 e. The highest BCUT2D eigenvalue weighted by atomic mass is 16.6. The molecule has 0 bridgehead atoms. The van der Waals surface area contributed by atoms with Gasteiger partial charge in [0.25, 0.3) is 5.69 Å². The zero-order valence-corrected chi connectivity index (χ0v) is 13.4. The maximum Gasteiger partial charge on any atom is 0.293 e. The topological polar surface area (TPSA) is 113 Å². The lowest BCUT2D eigenvalue weighted by Gasteiger charge is -2.26. The van der Waals surface area contributed by atoms with Crippen LogP contribution < -0.4 is 16.0 Å². The van der Waals surface area contributed by atoms with Crippen LogP contribution in [0.25, 0.3) is 0 Å². The molecule has 25 heavy (non-hydrogen) atoms.